The molecular formula is C15H13FN2O2S. The van der Waals surface area contributed by atoms with Gasteiger partial charge in [0.2, 0.25) is 0 Å². The van der Waals surface area contributed by atoms with E-state index in [9.17, 15) is 9.18 Å². The number of nitrogens with one attached hydrogen (secondary N) is 1. The summed E-state index contributed by atoms with van der Waals surface area (Å²) in [6.07, 6.45) is 0. The molecule has 0 fully saturated rings. The molecule has 0 aliphatic carbocycles. The van der Waals surface area contributed by atoms with Crippen molar-refractivity contribution in [3.63, 3.8) is 0 Å². The molecule has 21 heavy (non-hydrogen) atoms. The van der Waals surface area contributed by atoms with Crippen LogP contribution in [-0.2, 0) is 6.61 Å². The normalized spacial score (nSPS) is 9.95. The number of halogens is 1. The molecule has 0 aromatic heterocycles. The molecule has 0 heterocycles. The Balaban J connectivity index is 2.04. The van der Waals surface area contributed by atoms with Gasteiger partial charge in [-0.15, -0.1) is 0 Å². The summed E-state index contributed by atoms with van der Waals surface area (Å²) in [4.78, 5) is 11.7. The quantitative estimate of drug-likeness (QED) is 0.851. The van der Waals surface area contributed by atoms with Crippen molar-refractivity contribution >= 4 is 23.2 Å². The summed E-state index contributed by atoms with van der Waals surface area (Å²) in [5.41, 5.74) is 6.33. The Bertz CT molecular complexity index is 676. The van der Waals surface area contributed by atoms with Crippen LogP contribution >= 0.6 is 12.2 Å². The Morgan fingerprint density at radius 2 is 2.00 bits per heavy atom. The lowest BCUT2D eigenvalue weighted by Crippen LogP contribution is -2.34. The van der Waals surface area contributed by atoms with Crippen molar-refractivity contribution < 1.29 is 13.9 Å². The second kappa shape index (κ2) is 6.81. The fourth-order valence-corrected chi connectivity index (χ4v) is 1.80. The van der Waals surface area contributed by atoms with Crippen molar-refractivity contribution in [3.8, 4) is 5.75 Å². The number of thiocarbonyl (C=S) groups is 1. The van der Waals surface area contributed by atoms with E-state index in [0.29, 0.717) is 16.9 Å². The van der Waals surface area contributed by atoms with Crippen LogP contribution in [0.15, 0.2) is 48.5 Å². The summed E-state index contributed by atoms with van der Waals surface area (Å²) in [7, 11) is 0. The molecule has 3 N–H and O–H groups in total. The number of carbonyl (C=O) groups is 1. The van der Waals surface area contributed by atoms with Gasteiger partial charge < -0.3 is 10.5 Å². The minimum atomic E-state index is -0.404. The van der Waals surface area contributed by atoms with E-state index in [2.05, 4.69) is 17.5 Å². The Labute approximate surface area is 126 Å². The lowest BCUT2D eigenvalue weighted by atomic mass is 10.2. The third-order valence-electron chi connectivity index (χ3n) is 2.63. The smallest absolute Gasteiger partial charge is 0.257 e. The highest BCUT2D eigenvalue weighted by Gasteiger charge is 2.07. The van der Waals surface area contributed by atoms with Crippen molar-refractivity contribution in [1.82, 2.24) is 5.32 Å². The lowest BCUT2D eigenvalue weighted by molar-refractivity contribution is 0.0977. The SMILES string of the molecule is NC(=S)NC(=O)c1cccc(OCc2cccc(F)c2)c1. The Morgan fingerprint density at radius 1 is 1.24 bits per heavy atom. The van der Waals surface area contributed by atoms with Gasteiger partial charge in [-0.1, -0.05) is 18.2 Å². The average molecular weight is 304 g/mol. The van der Waals surface area contributed by atoms with Crippen molar-refractivity contribution in [2.45, 2.75) is 6.61 Å². The maximum Gasteiger partial charge on any atom is 0.257 e. The van der Waals surface area contributed by atoms with Crippen LogP contribution < -0.4 is 15.8 Å². The van der Waals surface area contributed by atoms with Gasteiger partial charge >= 0.3 is 0 Å². The van der Waals surface area contributed by atoms with E-state index < -0.39 is 5.91 Å². The summed E-state index contributed by atoms with van der Waals surface area (Å²) >= 11 is 4.61. The third-order valence-corrected chi connectivity index (χ3v) is 2.73. The average Bonchev–Trinajstić information content (AvgIpc) is 2.45. The van der Waals surface area contributed by atoms with Crippen molar-refractivity contribution in [3.05, 3.63) is 65.5 Å². The minimum Gasteiger partial charge on any atom is -0.489 e. The highest BCUT2D eigenvalue weighted by Crippen LogP contribution is 2.15. The standard InChI is InChI=1S/C15H13FN2O2S/c16-12-5-1-3-10(7-12)9-20-13-6-2-4-11(8-13)14(19)18-15(17)21/h1-8H,9H2,(H3,17,18,19,21). The van der Waals surface area contributed by atoms with Crippen LogP contribution in [0, 0.1) is 5.82 Å². The van der Waals surface area contributed by atoms with Gasteiger partial charge in [0.05, 0.1) is 0 Å². The van der Waals surface area contributed by atoms with Crippen LogP contribution in [-0.4, -0.2) is 11.0 Å². The number of amides is 1. The van der Waals surface area contributed by atoms with E-state index in [4.69, 9.17) is 10.5 Å². The number of ether oxygens (including phenoxy) is 1. The zero-order valence-electron chi connectivity index (χ0n) is 11.0. The topological polar surface area (TPSA) is 64.3 Å². The largest absolute Gasteiger partial charge is 0.489 e. The number of hydrogen-bond acceptors (Lipinski definition) is 3. The molecule has 0 saturated carbocycles. The number of hydrogen-bond donors (Lipinski definition) is 2. The first-order chi connectivity index (χ1) is 10.0. The van der Waals surface area contributed by atoms with E-state index >= 15 is 0 Å². The monoisotopic (exact) mass is 304 g/mol. The van der Waals surface area contributed by atoms with Crippen LogP contribution in [0.5, 0.6) is 5.75 Å². The fraction of sp³-hybridized carbons (Fsp3) is 0.0667. The summed E-state index contributed by atoms with van der Waals surface area (Å²) in [5.74, 6) is -0.228. The van der Waals surface area contributed by atoms with Gasteiger partial charge in [-0.05, 0) is 48.1 Å². The van der Waals surface area contributed by atoms with Crippen LogP contribution in [0.3, 0.4) is 0 Å². The number of nitrogens with two attached hydrogens (primary N) is 1. The molecule has 0 bridgehead atoms. The number of benzene rings is 2. The zero-order chi connectivity index (χ0) is 15.2. The molecule has 1 amide bonds. The first-order valence-electron chi connectivity index (χ1n) is 6.12. The van der Waals surface area contributed by atoms with Gasteiger partial charge in [0, 0.05) is 5.56 Å². The summed E-state index contributed by atoms with van der Waals surface area (Å²) in [5, 5.41) is 2.24. The third kappa shape index (κ3) is 4.54. The molecule has 2 aromatic carbocycles. The molecule has 0 aliphatic rings. The van der Waals surface area contributed by atoms with E-state index in [1.807, 2.05) is 0 Å². The van der Waals surface area contributed by atoms with Crippen LogP contribution in [0.25, 0.3) is 0 Å². The van der Waals surface area contributed by atoms with Gasteiger partial charge in [0.15, 0.2) is 5.11 Å². The van der Waals surface area contributed by atoms with Gasteiger partial charge in [-0.25, -0.2) is 4.39 Å². The predicted molar refractivity (Wildman–Crippen MR) is 81.4 cm³/mol. The molecule has 2 aromatic rings. The predicted octanol–water partition coefficient (Wildman–Crippen LogP) is 2.38. The van der Waals surface area contributed by atoms with E-state index in [-0.39, 0.29) is 17.5 Å². The molecule has 108 valence electrons. The van der Waals surface area contributed by atoms with Crippen molar-refractivity contribution in [2.24, 2.45) is 5.73 Å². The van der Waals surface area contributed by atoms with Gasteiger partial charge in [-0.3, -0.25) is 10.1 Å². The summed E-state index contributed by atoms with van der Waals surface area (Å²) < 4.78 is 18.6. The first-order valence-corrected chi connectivity index (χ1v) is 6.53. The van der Waals surface area contributed by atoms with E-state index in [1.54, 1.807) is 36.4 Å². The molecule has 0 atom stereocenters. The van der Waals surface area contributed by atoms with E-state index in [0.717, 1.165) is 0 Å². The Hall–Kier alpha value is -2.47. The number of rotatable bonds is 4. The second-order valence-corrected chi connectivity index (χ2v) is 4.70. The number of carbonyl (C=O) groups excluding carboxylic acids is 1. The van der Waals surface area contributed by atoms with Gasteiger partial charge in [0.1, 0.15) is 18.2 Å². The summed E-state index contributed by atoms with van der Waals surface area (Å²) in [6.45, 7) is 0.206. The fourth-order valence-electron chi connectivity index (χ4n) is 1.70. The Kier molecular flexibility index (Phi) is 4.84. The highest BCUT2D eigenvalue weighted by atomic mass is 32.1. The van der Waals surface area contributed by atoms with Crippen LogP contribution in [0.4, 0.5) is 4.39 Å². The van der Waals surface area contributed by atoms with E-state index in [1.165, 1.54) is 12.1 Å². The molecule has 6 heteroatoms. The molecule has 0 aliphatic heterocycles. The maximum absolute atomic E-state index is 13.1. The molecule has 4 nitrogen and oxygen atoms in total. The molecule has 0 spiro atoms. The maximum atomic E-state index is 13.1. The molecule has 0 saturated heterocycles. The highest BCUT2D eigenvalue weighted by molar-refractivity contribution is 7.80. The van der Waals surface area contributed by atoms with Gasteiger partial charge in [-0.2, -0.15) is 0 Å². The van der Waals surface area contributed by atoms with Crippen LogP contribution in [0.1, 0.15) is 15.9 Å². The van der Waals surface area contributed by atoms with Crippen molar-refractivity contribution in [2.75, 3.05) is 0 Å². The zero-order valence-corrected chi connectivity index (χ0v) is 11.8. The van der Waals surface area contributed by atoms with Crippen molar-refractivity contribution in [1.29, 1.82) is 0 Å². The molecule has 2 rings (SSSR count). The molecule has 0 radical (unpaired) electrons. The minimum absolute atomic E-state index is 0.0916. The molecule has 0 unspecified atom stereocenters. The molecular weight excluding hydrogens is 291 g/mol. The van der Waals surface area contributed by atoms with Crippen LogP contribution in [0.2, 0.25) is 0 Å². The first kappa shape index (κ1) is 14.9. The lowest BCUT2D eigenvalue weighted by Gasteiger charge is -2.08. The second-order valence-electron chi connectivity index (χ2n) is 4.26. The summed E-state index contributed by atoms with van der Waals surface area (Å²) in [6, 6.07) is 12.7. The van der Waals surface area contributed by atoms with Gasteiger partial charge in [0.25, 0.3) is 5.91 Å². The Morgan fingerprint density at radius 3 is 2.71 bits per heavy atom.